The minimum atomic E-state index is 0.532. The largest absolute Gasteiger partial charge is 0.381 e. The molecule has 0 aromatic rings. The van der Waals surface area contributed by atoms with E-state index in [9.17, 15) is 0 Å². The maximum atomic E-state index is 5.69. The van der Waals surface area contributed by atoms with Crippen LogP contribution in [0.3, 0.4) is 0 Å². The average Bonchev–Trinajstić information content (AvgIpc) is 2.06. The maximum absolute atomic E-state index is 5.69. The van der Waals surface area contributed by atoms with Gasteiger partial charge in [-0.1, -0.05) is 13.8 Å². The number of hydrogen-bond donors (Lipinski definition) is 1. The first-order valence-electron chi connectivity index (χ1n) is 5.90. The van der Waals surface area contributed by atoms with E-state index in [1.807, 2.05) is 0 Å². The van der Waals surface area contributed by atoms with Gasteiger partial charge in [0.1, 0.15) is 0 Å². The summed E-state index contributed by atoms with van der Waals surface area (Å²) >= 11 is 0. The molecule has 0 aromatic heterocycles. The van der Waals surface area contributed by atoms with Gasteiger partial charge in [-0.2, -0.15) is 0 Å². The van der Waals surface area contributed by atoms with Crippen molar-refractivity contribution in [2.75, 3.05) is 19.8 Å². The van der Waals surface area contributed by atoms with Gasteiger partial charge < -0.3 is 10.5 Å². The van der Waals surface area contributed by atoms with Crippen molar-refractivity contribution >= 4 is 0 Å². The van der Waals surface area contributed by atoms with Crippen molar-refractivity contribution in [2.24, 2.45) is 28.9 Å². The van der Waals surface area contributed by atoms with E-state index >= 15 is 0 Å². The fraction of sp³-hybridized carbons (Fsp3) is 1.00. The standard InChI is InChI=1S/C12H23NO/c1-12(2)5-9-7-14-8-10(6-12)11(9)3-4-13/h9-11H,3-8,13H2,1-2H3. The van der Waals surface area contributed by atoms with Crippen LogP contribution in [-0.4, -0.2) is 19.8 Å². The molecule has 0 spiro atoms. The summed E-state index contributed by atoms with van der Waals surface area (Å²) in [5.41, 5.74) is 6.22. The summed E-state index contributed by atoms with van der Waals surface area (Å²) in [7, 11) is 0. The summed E-state index contributed by atoms with van der Waals surface area (Å²) in [6, 6.07) is 0. The second-order valence-electron chi connectivity index (χ2n) is 5.87. The van der Waals surface area contributed by atoms with Crippen LogP contribution in [0.15, 0.2) is 0 Å². The van der Waals surface area contributed by atoms with Crippen LogP contribution in [-0.2, 0) is 4.74 Å². The third-order valence-electron chi connectivity index (χ3n) is 4.00. The molecular formula is C12H23NO. The lowest BCUT2D eigenvalue weighted by Gasteiger charge is -2.49. The van der Waals surface area contributed by atoms with Gasteiger partial charge in [-0.25, -0.2) is 0 Å². The van der Waals surface area contributed by atoms with Crippen molar-refractivity contribution < 1.29 is 4.74 Å². The van der Waals surface area contributed by atoms with E-state index in [1.165, 1.54) is 19.3 Å². The lowest BCUT2D eigenvalue weighted by Crippen LogP contribution is -2.45. The highest BCUT2D eigenvalue weighted by Crippen LogP contribution is 2.48. The Labute approximate surface area is 87.2 Å². The van der Waals surface area contributed by atoms with Crippen molar-refractivity contribution in [1.82, 2.24) is 0 Å². The number of nitrogens with two attached hydrogens (primary N) is 1. The molecule has 2 N–H and O–H groups in total. The van der Waals surface area contributed by atoms with Crippen molar-refractivity contribution in [3.05, 3.63) is 0 Å². The third kappa shape index (κ3) is 1.96. The molecular weight excluding hydrogens is 174 g/mol. The highest BCUT2D eigenvalue weighted by Gasteiger charge is 2.43. The zero-order chi connectivity index (χ0) is 10.2. The monoisotopic (exact) mass is 197 g/mol. The van der Waals surface area contributed by atoms with E-state index in [0.29, 0.717) is 5.41 Å². The zero-order valence-electron chi connectivity index (χ0n) is 9.46. The van der Waals surface area contributed by atoms with Gasteiger partial charge in [0.15, 0.2) is 0 Å². The summed E-state index contributed by atoms with van der Waals surface area (Å²) in [4.78, 5) is 0. The minimum Gasteiger partial charge on any atom is -0.381 e. The molecule has 2 atom stereocenters. The van der Waals surface area contributed by atoms with Crippen LogP contribution in [0, 0.1) is 23.2 Å². The fourth-order valence-corrected chi connectivity index (χ4v) is 3.59. The highest BCUT2D eigenvalue weighted by atomic mass is 16.5. The molecule has 14 heavy (non-hydrogen) atoms. The number of ether oxygens (including phenoxy) is 1. The van der Waals surface area contributed by atoms with Gasteiger partial charge in [0.2, 0.25) is 0 Å². The Kier molecular flexibility index (Phi) is 2.85. The van der Waals surface area contributed by atoms with Crippen molar-refractivity contribution in [2.45, 2.75) is 33.1 Å². The van der Waals surface area contributed by atoms with E-state index < -0.39 is 0 Å². The van der Waals surface area contributed by atoms with Crippen LogP contribution >= 0.6 is 0 Å². The summed E-state index contributed by atoms with van der Waals surface area (Å²) < 4.78 is 5.67. The van der Waals surface area contributed by atoms with Gasteiger partial charge in [0.25, 0.3) is 0 Å². The molecule has 2 rings (SSSR count). The van der Waals surface area contributed by atoms with Crippen molar-refractivity contribution in [1.29, 1.82) is 0 Å². The van der Waals surface area contributed by atoms with Crippen LogP contribution in [0.1, 0.15) is 33.1 Å². The number of rotatable bonds is 2. The van der Waals surface area contributed by atoms with E-state index in [4.69, 9.17) is 10.5 Å². The Bertz CT molecular complexity index is 186. The van der Waals surface area contributed by atoms with Gasteiger partial charge >= 0.3 is 0 Å². The molecule has 1 heterocycles. The van der Waals surface area contributed by atoms with Gasteiger partial charge in [0.05, 0.1) is 0 Å². The molecule has 2 heteroatoms. The molecule has 2 unspecified atom stereocenters. The van der Waals surface area contributed by atoms with Gasteiger partial charge in [-0.15, -0.1) is 0 Å². The van der Waals surface area contributed by atoms with Crippen LogP contribution in [0.4, 0.5) is 0 Å². The molecule has 82 valence electrons. The summed E-state index contributed by atoms with van der Waals surface area (Å²) in [6.45, 7) is 7.60. The molecule has 2 aliphatic rings. The van der Waals surface area contributed by atoms with Gasteiger partial charge in [0, 0.05) is 13.2 Å². The fourth-order valence-electron chi connectivity index (χ4n) is 3.59. The van der Waals surface area contributed by atoms with Crippen LogP contribution < -0.4 is 5.73 Å². The van der Waals surface area contributed by atoms with Gasteiger partial charge in [-0.3, -0.25) is 0 Å². The van der Waals surface area contributed by atoms with E-state index in [2.05, 4.69) is 13.8 Å². The molecule has 1 saturated carbocycles. The molecule has 2 fully saturated rings. The quantitative estimate of drug-likeness (QED) is 0.735. The van der Waals surface area contributed by atoms with Crippen molar-refractivity contribution in [3.8, 4) is 0 Å². The predicted octanol–water partition coefficient (Wildman–Crippen LogP) is 2.03. The topological polar surface area (TPSA) is 35.2 Å². The molecule has 0 aromatic carbocycles. The van der Waals surface area contributed by atoms with Crippen LogP contribution in [0.2, 0.25) is 0 Å². The smallest absolute Gasteiger partial charge is 0.0497 e. The van der Waals surface area contributed by atoms with Gasteiger partial charge in [-0.05, 0) is 49.0 Å². The van der Waals surface area contributed by atoms with E-state index in [0.717, 1.165) is 37.5 Å². The van der Waals surface area contributed by atoms with Crippen LogP contribution in [0.25, 0.3) is 0 Å². The first-order valence-corrected chi connectivity index (χ1v) is 5.90. The highest BCUT2D eigenvalue weighted by molar-refractivity contribution is 4.92. The lowest BCUT2D eigenvalue weighted by atomic mass is 9.60. The van der Waals surface area contributed by atoms with Crippen LogP contribution in [0.5, 0.6) is 0 Å². The normalized spacial score (nSPS) is 40.9. The van der Waals surface area contributed by atoms with E-state index in [-0.39, 0.29) is 0 Å². The third-order valence-corrected chi connectivity index (χ3v) is 4.00. The molecule has 0 radical (unpaired) electrons. The first kappa shape index (κ1) is 10.4. The molecule has 0 amide bonds. The van der Waals surface area contributed by atoms with E-state index in [1.54, 1.807) is 0 Å². The Balaban J connectivity index is 2.07. The Morgan fingerprint density at radius 3 is 2.29 bits per heavy atom. The minimum absolute atomic E-state index is 0.532. The predicted molar refractivity (Wildman–Crippen MR) is 58.0 cm³/mol. The second-order valence-corrected chi connectivity index (χ2v) is 5.87. The lowest BCUT2D eigenvalue weighted by molar-refractivity contribution is -0.0914. The number of fused-ring (bicyclic) bond motifs is 2. The summed E-state index contributed by atoms with van der Waals surface area (Å²) in [5.74, 6) is 2.41. The zero-order valence-corrected chi connectivity index (χ0v) is 9.46. The Morgan fingerprint density at radius 1 is 1.21 bits per heavy atom. The first-order chi connectivity index (χ1) is 6.62. The average molecular weight is 197 g/mol. The number of hydrogen-bond acceptors (Lipinski definition) is 2. The summed E-state index contributed by atoms with van der Waals surface area (Å²) in [6.07, 6.45) is 3.86. The maximum Gasteiger partial charge on any atom is 0.0497 e. The molecule has 1 aliphatic heterocycles. The second kappa shape index (κ2) is 3.82. The molecule has 2 nitrogen and oxygen atoms in total. The SMILES string of the molecule is CC1(C)CC2COCC(C1)C2CCN. The molecule has 1 saturated heterocycles. The van der Waals surface area contributed by atoms with Crippen molar-refractivity contribution in [3.63, 3.8) is 0 Å². The molecule has 2 bridgehead atoms. The summed E-state index contributed by atoms with van der Waals surface area (Å²) in [5, 5.41) is 0. The Hall–Kier alpha value is -0.0800. The molecule has 1 aliphatic carbocycles. The Morgan fingerprint density at radius 2 is 1.79 bits per heavy atom.